The van der Waals surface area contributed by atoms with Crippen LogP contribution in [0.2, 0.25) is 0 Å². The Balaban J connectivity index is 2.41. The van der Waals surface area contributed by atoms with Crippen LogP contribution in [0, 0.1) is 0 Å². The summed E-state index contributed by atoms with van der Waals surface area (Å²) in [6.07, 6.45) is 0. The van der Waals surface area contributed by atoms with E-state index in [4.69, 9.17) is 10.9 Å². The van der Waals surface area contributed by atoms with Gasteiger partial charge in [-0.1, -0.05) is 18.2 Å². The van der Waals surface area contributed by atoms with Gasteiger partial charge >= 0.3 is 0 Å². The minimum atomic E-state index is -0.254. The molecule has 2 aromatic rings. The smallest absolute Gasteiger partial charge is 0.275 e. The normalized spacial score (nSPS) is 10.8. The molecule has 6 heteroatoms. The Morgan fingerprint density at radius 2 is 2.22 bits per heavy atom. The van der Waals surface area contributed by atoms with E-state index in [1.165, 1.54) is 11.3 Å². The summed E-state index contributed by atoms with van der Waals surface area (Å²) >= 11 is 3.05. The Labute approximate surface area is 113 Å². The van der Waals surface area contributed by atoms with Crippen LogP contribution in [0.4, 0.5) is 0 Å². The average molecular weight is 282 g/mol. The van der Waals surface area contributed by atoms with Gasteiger partial charge in [-0.25, -0.2) is 5.84 Å². The molecule has 0 radical (unpaired) electrons. The van der Waals surface area contributed by atoms with Crippen molar-refractivity contribution >= 4 is 39.1 Å². The van der Waals surface area contributed by atoms with E-state index >= 15 is 0 Å². The van der Waals surface area contributed by atoms with Gasteiger partial charge in [0, 0.05) is 16.2 Å². The highest BCUT2D eigenvalue weighted by molar-refractivity contribution is 7.98. The minimum absolute atomic E-state index is 0.144. The summed E-state index contributed by atoms with van der Waals surface area (Å²) in [4.78, 5) is 12.4. The molecule has 1 amide bonds. The van der Waals surface area contributed by atoms with Crippen molar-refractivity contribution in [3.63, 3.8) is 0 Å². The second-order valence-electron chi connectivity index (χ2n) is 3.66. The van der Waals surface area contributed by atoms with Gasteiger partial charge in [0.1, 0.15) is 0 Å². The molecular formula is C12H14N2O2S2. The third kappa shape index (κ3) is 2.67. The van der Waals surface area contributed by atoms with Crippen LogP contribution in [0.5, 0.6) is 0 Å². The molecule has 18 heavy (non-hydrogen) atoms. The van der Waals surface area contributed by atoms with E-state index in [0.717, 1.165) is 15.6 Å². The fourth-order valence-electron chi connectivity index (χ4n) is 1.73. The van der Waals surface area contributed by atoms with Crippen molar-refractivity contribution in [3.8, 4) is 0 Å². The first-order valence-corrected chi connectivity index (χ1v) is 7.45. The predicted molar refractivity (Wildman–Crippen MR) is 76.7 cm³/mol. The summed E-state index contributed by atoms with van der Waals surface area (Å²) in [5, 5.41) is 9.90. The lowest BCUT2D eigenvalue weighted by Gasteiger charge is -2.03. The van der Waals surface area contributed by atoms with E-state index in [2.05, 4.69) is 5.43 Å². The van der Waals surface area contributed by atoms with Gasteiger partial charge in [0.25, 0.3) is 5.91 Å². The lowest BCUT2D eigenvalue weighted by atomic mass is 10.1. The average Bonchev–Trinajstić information content (AvgIpc) is 2.77. The summed E-state index contributed by atoms with van der Waals surface area (Å²) in [7, 11) is 0. The van der Waals surface area contributed by atoms with Crippen LogP contribution in [0.3, 0.4) is 0 Å². The molecule has 0 aliphatic heterocycles. The third-order valence-electron chi connectivity index (χ3n) is 2.52. The molecule has 0 spiro atoms. The maximum atomic E-state index is 11.8. The monoisotopic (exact) mass is 282 g/mol. The lowest BCUT2D eigenvalue weighted by molar-refractivity contribution is 0.0957. The number of thioether (sulfide) groups is 1. The van der Waals surface area contributed by atoms with Crippen molar-refractivity contribution in [3.05, 3.63) is 34.7 Å². The molecule has 0 saturated heterocycles. The molecule has 0 aliphatic carbocycles. The molecule has 4 nitrogen and oxygen atoms in total. The zero-order chi connectivity index (χ0) is 13.0. The van der Waals surface area contributed by atoms with Gasteiger partial charge in [-0.3, -0.25) is 10.2 Å². The SMILES string of the molecule is NNC(=O)c1sc2ccccc2c1CSCCO. The largest absolute Gasteiger partial charge is 0.396 e. The number of thiophene rings is 1. The van der Waals surface area contributed by atoms with Crippen molar-refractivity contribution in [1.82, 2.24) is 5.43 Å². The molecule has 4 N–H and O–H groups in total. The van der Waals surface area contributed by atoms with Gasteiger partial charge in [0.2, 0.25) is 0 Å². The number of rotatable bonds is 5. The summed E-state index contributed by atoms with van der Waals surface area (Å²) < 4.78 is 1.08. The number of hydrogen-bond acceptors (Lipinski definition) is 5. The molecule has 1 heterocycles. The first-order valence-electron chi connectivity index (χ1n) is 5.48. The molecule has 1 aromatic carbocycles. The maximum absolute atomic E-state index is 11.8. The summed E-state index contributed by atoms with van der Waals surface area (Å²) in [5.74, 6) is 6.32. The number of hydrogen-bond donors (Lipinski definition) is 3. The van der Waals surface area contributed by atoms with Crippen LogP contribution < -0.4 is 11.3 Å². The summed E-state index contributed by atoms with van der Waals surface area (Å²) in [6.45, 7) is 0.144. The second-order valence-corrected chi connectivity index (χ2v) is 5.81. The van der Waals surface area contributed by atoms with E-state index in [-0.39, 0.29) is 12.5 Å². The molecule has 0 saturated carbocycles. The predicted octanol–water partition coefficient (Wildman–Crippen LogP) is 1.73. The fraction of sp³-hybridized carbons (Fsp3) is 0.250. The first kappa shape index (κ1) is 13.4. The lowest BCUT2D eigenvalue weighted by Crippen LogP contribution is -2.29. The molecule has 2 rings (SSSR count). The number of aliphatic hydroxyl groups is 1. The molecular weight excluding hydrogens is 268 g/mol. The molecule has 0 bridgehead atoms. The van der Waals surface area contributed by atoms with E-state index in [9.17, 15) is 4.79 Å². The Bertz CT molecular complexity index is 554. The second kappa shape index (κ2) is 6.19. The van der Waals surface area contributed by atoms with Crippen molar-refractivity contribution in [2.75, 3.05) is 12.4 Å². The molecule has 0 unspecified atom stereocenters. The third-order valence-corrected chi connectivity index (χ3v) is 4.69. The number of nitrogens with one attached hydrogen (secondary N) is 1. The van der Waals surface area contributed by atoms with Crippen LogP contribution in [-0.4, -0.2) is 23.4 Å². The minimum Gasteiger partial charge on any atom is -0.396 e. The zero-order valence-electron chi connectivity index (χ0n) is 9.68. The fourth-order valence-corrected chi connectivity index (χ4v) is 3.72. The highest BCUT2D eigenvalue weighted by Crippen LogP contribution is 2.33. The van der Waals surface area contributed by atoms with Crippen molar-refractivity contribution in [1.29, 1.82) is 0 Å². The standard InChI is InChI=1S/C12H14N2O2S2/c13-14-12(16)11-9(7-17-6-5-15)8-3-1-2-4-10(8)18-11/h1-4,15H,5-7,13H2,(H,14,16). The number of carbonyl (C=O) groups excluding carboxylic acids is 1. The Kier molecular flexibility index (Phi) is 4.60. The van der Waals surface area contributed by atoms with Crippen LogP contribution in [-0.2, 0) is 5.75 Å². The summed E-state index contributed by atoms with van der Waals surface area (Å²) in [6, 6.07) is 7.91. The summed E-state index contributed by atoms with van der Waals surface area (Å²) in [5.41, 5.74) is 3.18. The molecule has 96 valence electrons. The molecule has 0 fully saturated rings. The Morgan fingerprint density at radius 3 is 2.94 bits per heavy atom. The van der Waals surface area contributed by atoms with Crippen LogP contribution in [0.15, 0.2) is 24.3 Å². The van der Waals surface area contributed by atoms with Gasteiger partial charge in [0.05, 0.1) is 11.5 Å². The van der Waals surface area contributed by atoms with Crippen molar-refractivity contribution < 1.29 is 9.90 Å². The van der Waals surface area contributed by atoms with E-state index in [1.807, 2.05) is 24.3 Å². The van der Waals surface area contributed by atoms with Crippen molar-refractivity contribution in [2.24, 2.45) is 5.84 Å². The van der Waals surface area contributed by atoms with Gasteiger partial charge < -0.3 is 5.11 Å². The topological polar surface area (TPSA) is 75.3 Å². The van der Waals surface area contributed by atoms with Gasteiger partial charge in [-0.2, -0.15) is 11.8 Å². The van der Waals surface area contributed by atoms with Crippen LogP contribution in [0.1, 0.15) is 15.2 Å². The van der Waals surface area contributed by atoms with E-state index < -0.39 is 0 Å². The number of benzene rings is 1. The van der Waals surface area contributed by atoms with Gasteiger partial charge in [0.15, 0.2) is 0 Å². The highest BCUT2D eigenvalue weighted by Gasteiger charge is 2.17. The number of carbonyl (C=O) groups is 1. The van der Waals surface area contributed by atoms with Crippen LogP contribution in [0.25, 0.3) is 10.1 Å². The van der Waals surface area contributed by atoms with Gasteiger partial charge in [-0.15, -0.1) is 11.3 Å². The Hall–Kier alpha value is -1.08. The zero-order valence-corrected chi connectivity index (χ0v) is 11.3. The number of nitrogen functional groups attached to an aromatic ring is 1. The number of fused-ring (bicyclic) bond motifs is 1. The maximum Gasteiger partial charge on any atom is 0.275 e. The van der Waals surface area contributed by atoms with Gasteiger partial charge in [-0.05, 0) is 17.0 Å². The first-order chi connectivity index (χ1) is 8.77. The molecule has 1 aromatic heterocycles. The Morgan fingerprint density at radius 1 is 1.44 bits per heavy atom. The highest BCUT2D eigenvalue weighted by atomic mass is 32.2. The molecule has 0 aliphatic rings. The molecule has 0 atom stereocenters. The number of hydrazine groups is 1. The quantitative estimate of drug-likeness (QED) is 0.338. The van der Waals surface area contributed by atoms with E-state index in [1.54, 1.807) is 11.8 Å². The number of nitrogens with two attached hydrogens (primary N) is 1. The van der Waals surface area contributed by atoms with E-state index in [0.29, 0.717) is 16.4 Å². The number of aliphatic hydroxyl groups excluding tert-OH is 1. The van der Waals surface area contributed by atoms with Crippen LogP contribution >= 0.6 is 23.1 Å². The number of amides is 1. The van der Waals surface area contributed by atoms with Crippen molar-refractivity contribution in [2.45, 2.75) is 5.75 Å².